The van der Waals surface area contributed by atoms with Gasteiger partial charge in [0.2, 0.25) is 10.0 Å². The first-order chi connectivity index (χ1) is 13.5. The molecule has 0 amide bonds. The van der Waals surface area contributed by atoms with E-state index in [1.807, 2.05) is 0 Å². The van der Waals surface area contributed by atoms with E-state index in [4.69, 9.17) is 10.4 Å². The van der Waals surface area contributed by atoms with Crippen LogP contribution in [0.3, 0.4) is 0 Å². The van der Waals surface area contributed by atoms with E-state index < -0.39 is 44.7 Å². The molecule has 150 valence electrons. The third-order valence-electron chi connectivity index (χ3n) is 4.02. The van der Waals surface area contributed by atoms with Crippen molar-refractivity contribution in [2.24, 2.45) is 5.14 Å². The summed E-state index contributed by atoms with van der Waals surface area (Å²) in [5, 5.41) is 18.0. The quantitative estimate of drug-likeness (QED) is 0.647. The maximum absolute atomic E-state index is 13.9. The van der Waals surface area contributed by atoms with Gasteiger partial charge in [-0.05, 0) is 23.8 Å². The Hall–Kier alpha value is -3.23. The molecule has 0 spiro atoms. The summed E-state index contributed by atoms with van der Waals surface area (Å²) >= 11 is 0. The zero-order valence-electron chi connectivity index (χ0n) is 14.5. The molecule has 0 atom stereocenters. The third-order valence-corrected chi connectivity index (χ3v) is 4.99. The fourth-order valence-corrected chi connectivity index (χ4v) is 3.66. The predicted molar refractivity (Wildman–Crippen MR) is 95.0 cm³/mol. The Labute approximate surface area is 162 Å². The van der Waals surface area contributed by atoms with Gasteiger partial charge in [0.05, 0.1) is 11.0 Å². The molecule has 11 heteroatoms. The molecule has 0 aliphatic carbocycles. The fourth-order valence-electron chi connectivity index (χ4n) is 2.92. The number of nitriles is 1. The minimum atomic E-state index is -4.93. The molecule has 0 radical (unpaired) electrons. The van der Waals surface area contributed by atoms with E-state index in [-0.39, 0.29) is 16.8 Å². The molecule has 0 aliphatic rings. The zero-order valence-corrected chi connectivity index (χ0v) is 15.3. The standard InChI is InChI=1S/C18H12F4N4O2S/c19-12-7-5-11(6-8-12)15-16(13-3-1-2-4-14(13)29(24,27)28)25-26(10-9-23)17(15)18(20,21)22/h1-8H,10H2,(H2,24,27,28). The minimum absolute atomic E-state index is 0.0536. The Morgan fingerprint density at radius 2 is 1.72 bits per heavy atom. The number of hydrogen-bond donors (Lipinski definition) is 1. The molecule has 6 nitrogen and oxygen atoms in total. The average Bonchev–Trinajstić information content (AvgIpc) is 3.01. The second kappa shape index (κ2) is 7.31. The average molecular weight is 424 g/mol. The first kappa shape index (κ1) is 20.5. The van der Waals surface area contributed by atoms with Crippen molar-refractivity contribution in [1.29, 1.82) is 5.26 Å². The molecule has 0 aliphatic heterocycles. The van der Waals surface area contributed by atoms with Crippen molar-refractivity contribution in [3.8, 4) is 28.5 Å². The van der Waals surface area contributed by atoms with Crippen LogP contribution in [0.1, 0.15) is 5.69 Å². The van der Waals surface area contributed by atoms with Crippen LogP contribution in [-0.4, -0.2) is 18.2 Å². The molecule has 1 heterocycles. The minimum Gasteiger partial charge on any atom is -0.245 e. The summed E-state index contributed by atoms with van der Waals surface area (Å²) in [5.41, 5.74) is -2.31. The summed E-state index contributed by atoms with van der Waals surface area (Å²) in [6.45, 7) is -0.736. The molecule has 0 saturated carbocycles. The third kappa shape index (κ3) is 3.98. The van der Waals surface area contributed by atoms with Gasteiger partial charge in [-0.3, -0.25) is 0 Å². The number of benzene rings is 2. The molecule has 1 aromatic heterocycles. The monoisotopic (exact) mass is 424 g/mol. The first-order valence-electron chi connectivity index (χ1n) is 7.97. The number of primary sulfonamides is 1. The summed E-state index contributed by atoms with van der Waals surface area (Å²) in [7, 11) is -4.29. The molecule has 2 N–H and O–H groups in total. The van der Waals surface area contributed by atoms with Gasteiger partial charge in [-0.15, -0.1) is 0 Å². The summed E-state index contributed by atoms with van der Waals surface area (Å²) < 4.78 is 79.3. The number of alkyl halides is 3. The Balaban J connectivity index is 2.46. The van der Waals surface area contributed by atoms with Gasteiger partial charge in [-0.25, -0.2) is 22.6 Å². The van der Waals surface area contributed by atoms with Gasteiger partial charge in [0.25, 0.3) is 0 Å². The van der Waals surface area contributed by atoms with Crippen molar-refractivity contribution >= 4 is 10.0 Å². The van der Waals surface area contributed by atoms with Crippen LogP contribution in [0.2, 0.25) is 0 Å². The van der Waals surface area contributed by atoms with E-state index >= 15 is 0 Å². The zero-order chi connectivity index (χ0) is 21.4. The van der Waals surface area contributed by atoms with E-state index in [0.29, 0.717) is 4.68 Å². The van der Waals surface area contributed by atoms with Gasteiger partial charge in [-0.1, -0.05) is 30.3 Å². The lowest BCUT2D eigenvalue weighted by Crippen LogP contribution is -2.15. The van der Waals surface area contributed by atoms with Crippen LogP contribution in [0, 0.1) is 17.1 Å². The van der Waals surface area contributed by atoms with Crippen LogP contribution < -0.4 is 5.14 Å². The lowest BCUT2D eigenvalue weighted by Gasteiger charge is -2.12. The summed E-state index contributed by atoms with van der Waals surface area (Å²) in [6.07, 6.45) is -4.93. The van der Waals surface area contributed by atoms with Crippen LogP contribution in [0.5, 0.6) is 0 Å². The molecule has 0 unspecified atom stereocenters. The fraction of sp³-hybridized carbons (Fsp3) is 0.111. The van der Waals surface area contributed by atoms with E-state index in [1.54, 1.807) is 6.07 Å². The van der Waals surface area contributed by atoms with Crippen molar-refractivity contribution in [3.05, 3.63) is 60.0 Å². The number of aromatic nitrogens is 2. The van der Waals surface area contributed by atoms with Crippen LogP contribution >= 0.6 is 0 Å². The number of hydrogen-bond acceptors (Lipinski definition) is 4. The topological polar surface area (TPSA) is 102 Å². The summed E-state index contributed by atoms with van der Waals surface area (Å²) in [6, 6.07) is 10.9. The van der Waals surface area contributed by atoms with E-state index in [2.05, 4.69) is 5.10 Å². The summed E-state index contributed by atoms with van der Waals surface area (Å²) in [4.78, 5) is -0.432. The van der Waals surface area contributed by atoms with E-state index in [9.17, 15) is 26.0 Å². The largest absolute Gasteiger partial charge is 0.433 e. The number of halogens is 4. The van der Waals surface area contributed by atoms with Crippen molar-refractivity contribution in [2.45, 2.75) is 17.6 Å². The van der Waals surface area contributed by atoms with Crippen LogP contribution in [0.15, 0.2) is 53.4 Å². The Morgan fingerprint density at radius 1 is 1.10 bits per heavy atom. The molecule has 2 aromatic carbocycles. The van der Waals surface area contributed by atoms with Gasteiger partial charge < -0.3 is 0 Å². The Bertz CT molecular complexity index is 1210. The number of nitrogens with two attached hydrogens (primary N) is 1. The SMILES string of the molecule is N#CCn1nc(-c2ccccc2S(N)(=O)=O)c(-c2ccc(F)cc2)c1C(F)(F)F. The molecule has 3 aromatic rings. The Kier molecular flexibility index (Phi) is 5.16. The molecule has 29 heavy (non-hydrogen) atoms. The highest BCUT2D eigenvalue weighted by Crippen LogP contribution is 2.43. The summed E-state index contributed by atoms with van der Waals surface area (Å²) in [5.74, 6) is -0.668. The van der Waals surface area contributed by atoms with Gasteiger partial charge in [0.15, 0.2) is 5.69 Å². The molecular weight excluding hydrogens is 412 g/mol. The van der Waals surface area contributed by atoms with E-state index in [0.717, 1.165) is 30.3 Å². The molecule has 3 rings (SSSR count). The number of nitrogens with zero attached hydrogens (tertiary/aromatic N) is 3. The number of rotatable bonds is 4. The van der Waals surface area contributed by atoms with Crippen molar-refractivity contribution in [3.63, 3.8) is 0 Å². The molecular formula is C18H12F4N4O2S. The maximum atomic E-state index is 13.9. The van der Waals surface area contributed by atoms with Gasteiger partial charge in [0, 0.05) is 11.1 Å². The highest BCUT2D eigenvalue weighted by Gasteiger charge is 2.41. The first-order valence-corrected chi connectivity index (χ1v) is 9.51. The molecule has 0 saturated heterocycles. The van der Waals surface area contributed by atoms with Crippen molar-refractivity contribution < 1.29 is 26.0 Å². The van der Waals surface area contributed by atoms with Gasteiger partial charge in [-0.2, -0.15) is 23.5 Å². The molecule has 0 fully saturated rings. The molecule has 0 bridgehead atoms. The highest BCUT2D eigenvalue weighted by atomic mass is 32.2. The predicted octanol–water partition coefficient (Wildman–Crippen LogP) is 3.55. The van der Waals surface area contributed by atoms with Crippen molar-refractivity contribution in [2.75, 3.05) is 0 Å². The van der Waals surface area contributed by atoms with Gasteiger partial charge in [0.1, 0.15) is 18.1 Å². The second-order valence-electron chi connectivity index (χ2n) is 5.93. The van der Waals surface area contributed by atoms with Crippen LogP contribution in [-0.2, 0) is 22.7 Å². The lowest BCUT2D eigenvalue weighted by atomic mass is 9.98. The van der Waals surface area contributed by atoms with E-state index in [1.165, 1.54) is 18.2 Å². The number of sulfonamides is 1. The normalized spacial score (nSPS) is 12.0. The van der Waals surface area contributed by atoms with Crippen LogP contribution in [0.4, 0.5) is 17.6 Å². The van der Waals surface area contributed by atoms with Crippen molar-refractivity contribution in [1.82, 2.24) is 9.78 Å². The smallest absolute Gasteiger partial charge is 0.245 e. The maximum Gasteiger partial charge on any atom is 0.433 e. The Morgan fingerprint density at radius 3 is 2.28 bits per heavy atom. The lowest BCUT2D eigenvalue weighted by molar-refractivity contribution is -0.143. The van der Waals surface area contributed by atoms with Gasteiger partial charge >= 0.3 is 6.18 Å². The van der Waals surface area contributed by atoms with Crippen LogP contribution in [0.25, 0.3) is 22.4 Å². The second-order valence-corrected chi connectivity index (χ2v) is 7.46. The highest BCUT2D eigenvalue weighted by molar-refractivity contribution is 7.89.